The van der Waals surface area contributed by atoms with Gasteiger partial charge in [-0.1, -0.05) is 94.4 Å². The van der Waals surface area contributed by atoms with Crippen LogP contribution in [0.4, 0.5) is 0 Å². The molecule has 0 saturated carbocycles. The zero-order chi connectivity index (χ0) is 20.5. The maximum Gasteiger partial charge on any atom is 0.319 e. The van der Waals surface area contributed by atoms with E-state index in [-0.39, 0.29) is 5.04 Å². The topological polar surface area (TPSA) is 9.23 Å². The van der Waals surface area contributed by atoms with Gasteiger partial charge in [-0.05, 0) is 57.9 Å². The van der Waals surface area contributed by atoms with Crippen molar-refractivity contribution in [3.8, 4) is 5.75 Å². The molecule has 0 atom stereocenters. The highest BCUT2D eigenvalue weighted by Gasteiger charge is 2.52. The van der Waals surface area contributed by atoms with Crippen molar-refractivity contribution in [1.29, 1.82) is 0 Å². The lowest BCUT2D eigenvalue weighted by atomic mass is 9.84. The zero-order valence-electron chi connectivity index (χ0n) is 18.0. The van der Waals surface area contributed by atoms with E-state index in [1.54, 1.807) is 0 Å². The Hall–Kier alpha value is -2.32. The molecule has 0 heterocycles. The molecule has 0 N–H and O–H groups in total. The minimum atomic E-state index is -2.57. The Labute approximate surface area is 176 Å². The molecule has 0 aliphatic heterocycles. The lowest BCUT2D eigenvalue weighted by molar-refractivity contribution is 0.507. The Morgan fingerprint density at radius 1 is 0.759 bits per heavy atom. The largest absolute Gasteiger partial charge is 0.534 e. The molecule has 1 aliphatic carbocycles. The van der Waals surface area contributed by atoms with Crippen LogP contribution in [0.3, 0.4) is 0 Å². The number of hydrogen-bond acceptors (Lipinski definition) is 1. The fourth-order valence-corrected chi connectivity index (χ4v) is 9.15. The predicted octanol–water partition coefficient (Wildman–Crippen LogP) is 5.90. The van der Waals surface area contributed by atoms with Crippen molar-refractivity contribution in [1.82, 2.24) is 0 Å². The summed E-state index contributed by atoms with van der Waals surface area (Å²) in [4.78, 5) is 0. The summed E-state index contributed by atoms with van der Waals surface area (Å²) in [5.41, 5.74) is 2.86. The Balaban J connectivity index is 1.89. The van der Waals surface area contributed by atoms with Gasteiger partial charge in [0, 0.05) is 5.92 Å². The van der Waals surface area contributed by atoms with Crippen LogP contribution >= 0.6 is 0 Å². The SMILES string of the molecule is C[C]1CCCc2ccc(O[Si](c3ccccc3)(c3ccccc3)C(C)(C)C)cc21. The summed E-state index contributed by atoms with van der Waals surface area (Å²) in [6, 6.07) is 28.5. The molecule has 0 saturated heterocycles. The molecular formula is C27H31OSi. The molecular weight excluding hydrogens is 368 g/mol. The zero-order valence-corrected chi connectivity index (χ0v) is 19.0. The lowest BCUT2D eigenvalue weighted by Gasteiger charge is -2.43. The van der Waals surface area contributed by atoms with E-state index in [0.717, 1.165) is 5.75 Å². The summed E-state index contributed by atoms with van der Waals surface area (Å²) in [6.07, 6.45) is 3.62. The Bertz CT molecular complexity index is 917. The number of benzene rings is 3. The van der Waals surface area contributed by atoms with Crippen LogP contribution in [-0.2, 0) is 6.42 Å². The van der Waals surface area contributed by atoms with Crippen LogP contribution in [0.1, 0.15) is 51.7 Å². The van der Waals surface area contributed by atoms with Crippen LogP contribution in [-0.4, -0.2) is 8.32 Å². The molecule has 4 rings (SSSR count). The van der Waals surface area contributed by atoms with Crippen molar-refractivity contribution < 1.29 is 4.43 Å². The molecule has 3 aromatic carbocycles. The van der Waals surface area contributed by atoms with Gasteiger partial charge < -0.3 is 4.43 Å². The Morgan fingerprint density at radius 3 is 1.90 bits per heavy atom. The summed E-state index contributed by atoms with van der Waals surface area (Å²) in [5, 5.41) is 2.61. The van der Waals surface area contributed by atoms with Gasteiger partial charge in [0.05, 0.1) is 0 Å². The Kier molecular flexibility index (Phi) is 5.39. The third-order valence-electron chi connectivity index (χ3n) is 6.23. The van der Waals surface area contributed by atoms with Gasteiger partial charge in [0.25, 0.3) is 0 Å². The van der Waals surface area contributed by atoms with Gasteiger partial charge in [-0.15, -0.1) is 0 Å². The molecule has 0 spiro atoms. The molecule has 29 heavy (non-hydrogen) atoms. The quantitative estimate of drug-likeness (QED) is 0.496. The van der Waals surface area contributed by atoms with Gasteiger partial charge in [0.2, 0.25) is 0 Å². The molecule has 3 aromatic rings. The first-order valence-corrected chi connectivity index (χ1v) is 12.6. The van der Waals surface area contributed by atoms with E-state index < -0.39 is 8.32 Å². The van der Waals surface area contributed by atoms with Crippen LogP contribution < -0.4 is 14.8 Å². The molecule has 1 radical (unpaired) electrons. The number of fused-ring (bicyclic) bond motifs is 1. The van der Waals surface area contributed by atoms with Crippen LogP contribution in [0, 0.1) is 5.92 Å². The molecule has 0 unspecified atom stereocenters. The van der Waals surface area contributed by atoms with Crippen molar-refractivity contribution in [2.75, 3.05) is 0 Å². The van der Waals surface area contributed by atoms with Gasteiger partial charge in [-0.25, -0.2) is 0 Å². The molecule has 1 aliphatic rings. The summed E-state index contributed by atoms with van der Waals surface area (Å²) < 4.78 is 7.18. The second-order valence-electron chi connectivity index (χ2n) is 9.22. The minimum Gasteiger partial charge on any atom is -0.534 e. The summed E-state index contributed by atoms with van der Waals surface area (Å²) in [7, 11) is -2.57. The molecule has 0 aromatic heterocycles. The van der Waals surface area contributed by atoms with Crippen LogP contribution in [0.2, 0.25) is 5.04 Å². The van der Waals surface area contributed by atoms with Crippen molar-refractivity contribution in [2.45, 2.75) is 52.0 Å². The average Bonchev–Trinajstić information content (AvgIpc) is 2.73. The van der Waals surface area contributed by atoms with E-state index in [9.17, 15) is 0 Å². The van der Waals surface area contributed by atoms with Crippen molar-refractivity contribution in [3.05, 3.63) is 95.9 Å². The molecule has 1 nitrogen and oxygen atoms in total. The van der Waals surface area contributed by atoms with Gasteiger partial charge >= 0.3 is 8.32 Å². The second-order valence-corrected chi connectivity index (χ2v) is 13.4. The Morgan fingerprint density at radius 2 is 1.34 bits per heavy atom. The van der Waals surface area contributed by atoms with Gasteiger partial charge in [-0.2, -0.15) is 0 Å². The second kappa shape index (κ2) is 7.83. The number of aryl methyl sites for hydroxylation is 1. The van der Waals surface area contributed by atoms with Crippen molar-refractivity contribution in [2.24, 2.45) is 0 Å². The predicted molar refractivity (Wildman–Crippen MR) is 126 cm³/mol. The average molecular weight is 400 g/mol. The van der Waals surface area contributed by atoms with E-state index in [2.05, 4.69) is 107 Å². The van der Waals surface area contributed by atoms with E-state index in [1.807, 2.05) is 0 Å². The maximum atomic E-state index is 7.18. The molecule has 0 fully saturated rings. The van der Waals surface area contributed by atoms with E-state index in [4.69, 9.17) is 4.43 Å². The molecule has 2 heteroatoms. The summed E-state index contributed by atoms with van der Waals surface area (Å²) in [5.74, 6) is 2.48. The first kappa shape index (κ1) is 20.0. The van der Waals surface area contributed by atoms with E-state index in [0.29, 0.717) is 0 Å². The molecule has 0 amide bonds. The molecule has 0 bridgehead atoms. The van der Waals surface area contributed by atoms with Gasteiger partial charge in [-0.3, -0.25) is 0 Å². The van der Waals surface area contributed by atoms with Crippen molar-refractivity contribution in [3.63, 3.8) is 0 Å². The normalized spacial score (nSPS) is 15.0. The fourth-order valence-electron chi connectivity index (χ4n) is 4.74. The first-order chi connectivity index (χ1) is 13.9. The smallest absolute Gasteiger partial charge is 0.319 e. The standard InChI is InChI=1S/C27H31OSi/c1-21-12-11-13-22-18-19-23(20-26(21)22)28-29(27(2,3)4,24-14-7-5-8-15-24)25-16-9-6-10-17-25/h5-10,14-20H,11-13H2,1-4H3. The summed E-state index contributed by atoms with van der Waals surface area (Å²) >= 11 is 0. The number of hydrogen-bond donors (Lipinski definition) is 0. The third kappa shape index (κ3) is 3.66. The minimum absolute atomic E-state index is 0.0234. The maximum absolute atomic E-state index is 7.18. The van der Waals surface area contributed by atoms with Crippen LogP contribution in [0.25, 0.3) is 0 Å². The van der Waals surface area contributed by atoms with Crippen molar-refractivity contribution >= 4 is 18.7 Å². The van der Waals surface area contributed by atoms with Gasteiger partial charge in [0.1, 0.15) is 5.75 Å². The lowest BCUT2D eigenvalue weighted by Crippen LogP contribution is -2.68. The fraction of sp³-hybridized carbons (Fsp3) is 0.296. The monoisotopic (exact) mass is 399 g/mol. The van der Waals surface area contributed by atoms with E-state index in [1.165, 1.54) is 46.7 Å². The highest BCUT2D eigenvalue weighted by molar-refractivity contribution is 7.00. The van der Waals surface area contributed by atoms with E-state index >= 15 is 0 Å². The first-order valence-electron chi connectivity index (χ1n) is 10.7. The highest BCUT2D eigenvalue weighted by Crippen LogP contribution is 2.39. The summed E-state index contributed by atoms with van der Waals surface area (Å²) in [6.45, 7) is 9.25. The van der Waals surface area contributed by atoms with Crippen LogP contribution in [0.15, 0.2) is 78.9 Å². The third-order valence-corrected chi connectivity index (χ3v) is 11.2. The highest BCUT2D eigenvalue weighted by atomic mass is 28.4. The molecule has 149 valence electrons. The van der Waals surface area contributed by atoms with Gasteiger partial charge in [0.15, 0.2) is 0 Å². The van der Waals surface area contributed by atoms with Crippen LogP contribution in [0.5, 0.6) is 5.75 Å². The number of rotatable bonds is 4.